The van der Waals surface area contributed by atoms with E-state index in [0.29, 0.717) is 11.5 Å². The lowest BCUT2D eigenvalue weighted by Crippen LogP contribution is -2.21. The molecule has 1 aromatic rings. The van der Waals surface area contributed by atoms with E-state index in [1.165, 1.54) is 12.0 Å². The minimum Gasteiger partial charge on any atom is -0.366 e. The van der Waals surface area contributed by atoms with Gasteiger partial charge in [0, 0.05) is 12.1 Å². The molecule has 0 aliphatic heterocycles. The van der Waals surface area contributed by atoms with Crippen molar-refractivity contribution >= 4 is 5.91 Å². The monoisotopic (exact) mass is 234 g/mol. The van der Waals surface area contributed by atoms with Gasteiger partial charge in [0.05, 0.1) is 0 Å². The van der Waals surface area contributed by atoms with Crippen molar-refractivity contribution < 1.29 is 4.79 Å². The van der Waals surface area contributed by atoms with Gasteiger partial charge in [0.2, 0.25) is 5.91 Å². The average Bonchev–Trinajstić information content (AvgIpc) is 2.30. The van der Waals surface area contributed by atoms with E-state index in [4.69, 9.17) is 5.73 Å². The second kappa shape index (κ2) is 6.40. The Morgan fingerprint density at radius 1 is 1.47 bits per heavy atom. The van der Waals surface area contributed by atoms with Gasteiger partial charge in [0.15, 0.2) is 0 Å². The van der Waals surface area contributed by atoms with E-state index in [9.17, 15) is 4.79 Å². The fourth-order valence-electron chi connectivity index (χ4n) is 1.65. The van der Waals surface area contributed by atoms with Gasteiger partial charge < -0.3 is 11.1 Å². The summed E-state index contributed by atoms with van der Waals surface area (Å²) in [6, 6.07) is 5.61. The molecule has 1 aromatic carbocycles. The Labute approximate surface area is 103 Å². The van der Waals surface area contributed by atoms with Crippen LogP contribution in [-0.4, -0.2) is 12.5 Å². The molecular weight excluding hydrogens is 212 g/mol. The molecule has 3 heteroatoms. The van der Waals surface area contributed by atoms with Gasteiger partial charge in [-0.2, -0.15) is 0 Å². The van der Waals surface area contributed by atoms with Gasteiger partial charge in [-0.3, -0.25) is 4.79 Å². The molecule has 1 atom stereocenters. The number of benzene rings is 1. The molecule has 0 aliphatic carbocycles. The van der Waals surface area contributed by atoms with Crippen LogP contribution >= 0.6 is 0 Å². The highest BCUT2D eigenvalue weighted by Gasteiger charge is 2.04. The molecule has 0 bridgehead atoms. The molecule has 0 saturated heterocycles. The SMILES string of the molecule is CCC(C)CNCc1ccc(C(N)=O)cc1C. The number of hydrogen-bond acceptors (Lipinski definition) is 2. The van der Waals surface area contributed by atoms with Gasteiger partial charge >= 0.3 is 0 Å². The Bertz CT molecular complexity index is 388. The summed E-state index contributed by atoms with van der Waals surface area (Å²) >= 11 is 0. The molecule has 1 amide bonds. The number of nitrogens with one attached hydrogen (secondary N) is 1. The maximum atomic E-state index is 11.0. The summed E-state index contributed by atoms with van der Waals surface area (Å²) in [5.41, 5.74) is 8.14. The standard InChI is InChI=1S/C14H22N2O/c1-4-10(2)8-16-9-13-6-5-12(14(15)17)7-11(13)3/h5-7,10,16H,4,8-9H2,1-3H3,(H2,15,17). The number of primary amides is 1. The molecule has 0 fully saturated rings. The third-order valence-corrected chi connectivity index (χ3v) is 3.13. The molecular formula is C14H22N2O. The Morgan fingerprint density at radius 3 is 2.71 bits per heavy atom. The summed E-state index contributed by atoms with van der Waals surface area (Å²) in [5, 5.41) is 3.43. The van der Waals surface area contributed by atoms with Crippen LogP contribution < -0.4 is 11.1 Å². The summed E-state index contributed by atoms with van der Waals surface area (Å²) in [6.07, 6.45) is 1.19. The summed E-state index contributed by atoms with van der Waals surface area (Å²) < 4.78 is 0. The number of carbonyl (C=O) groups excluding carboxylic acids is 1. The number of amides is 1. The first-order valence-corrected chi connectivity index (χ1v) is 6.14. The van der Waals surface area contributed by atoms with Gasteiger partial charge in [-0.1, -0.05) is 26.3 Å². The largest absolute Gasteiger partial charge is 0.366 e. The number of aryl methyl sites for hydroxylation is 1. The summed E-state index contributed by atoms with van der Waals surface area (Å²) in [4.78, 5) is 11.0. The van der Waals surface area contributed by atoms with Crippen molar-refractivity contribution in [3.05, 3.63) is 34.9 Å². The minimum atomic E-state index is -0.368. The maximum absolute atomic E-state index is 11.0. The Morgan fingerprint density at radius 2 is 2.18 bits per heavy atom. The van der Waals surface area contributed by atoms with Crippen LogP contribution in [0.3, 0.4) is 0 Å². The first-order valence-electron chi connectivity index (χ1n) is 6.14. The van der Waals surface area contributed by atoms with Gasteiger partial charge in [-0.05, 0) is 42.6 Å². The number of nitrogens with two attached hydrogens (primary N) is 1. The molecule has 0 heterocycles. The minimum absolute atomic E-state index is 0.368. The number of rotatable bonds is 6. The van der Waals surface area contributed by atoms with Crippen LogP contribution in [0.4, 0.5) is 0 Å². The molecule has 94 valence electrons. The van der Waals surface area contributed by atoms with Crippen molar-refractivity contribution in [2.75, 3.05) is 6.54 Å². The molecule has 0 spiro atoms. The topological polar surface area (TPSA) is 55.1 Å². The molecule has 0 aliphatic rings. The van der Waals surface area contributed by atoms with Crippen LogP contribution in [0.25, 0.3) is 0 Å². The van der Waals surface area contributed by atoms with Gasteiger partial charge in [-0.15, -0.1) is 0 Å². The second-order valence-corrected chi connectivity index (χ2v) is 4.65. The summed E-state index contributed by atoms with van der Waals surface area (Å²) in [7, 11) is 0. The molecule has 1 rings (SSSR count). The quantitative estimate of drug-likeness (QED) is 0.793. The zero-order valence-electron chi connectivity index (χ0n) is 10.9. The number of carbonyl (C=O) groups is 1. The second-order valence-electron chi connectivity index (χ2n) is 4.65. The van der Waals surface area contributed by atoms with E-state index in [2.05, 4.69) is 19.2 Å². The predicted molar refractivity (Wildman–Crippen MR) is 70.9 cm³/mol. The summed E-state index contributed by atoms with van der Waals surface area (Å²) in [6.45, 7) is 8.30. The van der Waals surface area contributed by atoms with Gasteiger partial charge in [-0.25, -0.2) is 0 Å². The molecule has 3 N–H and O–H groups in total. The zero-order chi connectivity index (χ0) is 12.8. The highest BCUT2D eigenvalue weighted by molar-refractivity contribution is 5.93. The molecule has 0 aromatic heterocycles. The Kier molecular flexibility index (Phi) is 5.16. The Balaban J connectivity index is 2.57. The Hall–Kier alpha value is -1.35. The maximum Gasteiger partial charge on any atom is 0.248 e. The smallest absolute Gasteiger partial charge is 0.248 e. The van der Waals surface area contributed by atoms with E-state index in [-0.39, 0.29) is 5.91 Å². The van der Waals surface area contributed by atoms with Crippen molar-refractivity contribution in [3.63, 3.8) is 0 Å². The average molecular weight is 234 g/mol. The van der Waals surface area contributed by atoms with E-state index in [1.54, 1.807) is 6.07 Å². The molecule has 3 nitrogen and oxygen atoms in total. The van der Waals surface area contributed by atoms with Gasteiger partial charge in [0.25, 0.3) is 0 Å². The van der Waals surface area contributed by atoms with Crippen LogP contribution in [0.5, 0.6) is 0 Å². The van der Waals surface area contributed by atoms with Crippen molar-refractivity contribution in [2.45, 2.75) is 33.7 Å². The predicted octanol–water partition coefficient (Wildman–Crippen LogP) is 2.23. The third kappa shape index (κ3) is 4.19. The van der Waals surface area contributed by atoms with Crippen LogP contribution in [0.2, 0.25) is 0 Å². The zero-order valence-corrected chi connectivity index (χ0v) is 10.9. The lowest BCUT2D eigenvalue weighted by Gasteiger charge is -2.12. The van der Waals surface area contributed by atoms with Crippen molar-refractivity contribution in [2.24, 2.45) is 11.7 Å². The lowest BCUT2D eigenvalue weighted by molar-refractivity contribution is 0.1000. The van der Waals surface area contributed by atoms with E-state index < -0.39 is 0 Å². The first-order chi connectivity index (χ1) is 8.04. The molecule has 0 radical (unpaired) electrons. The van der Waals surface area contributed by atoms with E-state index in [1.807, 2.05) is 19.1 Å². The first kappa shape index (κ1) is 13.7. The summed E-state index contributed by atoms with van der Waals surface area (Å²) in [5.74, 6) is 0.326. The van der Waals surface area contributed by atoms with Gasteiger partial charge in [0.1, 0.15) is 0 Å². The molecule has 17 heavy (non-hydrogen) atoms. The van der Waals surface area contributed by atoms with Crippen LogP contribution in [0.1, 0.15) is 41.8 Å². The molecule has 1 unspecified atom stereocenters. The van der Waals surface area contributed by atoms with E-state index >= 15 is 0 Å². The van der Waals surface area contributed by atoms with Crippen molar-refractivity contribution in [1.29, 1.82) is 0 Å². The highest BCUT2D eigenvalue weighted by atomic mass is 16.1. The number of hydrogen-bond donors (Lipinski definition) is 2. The van der Waals surface area contributed by atoms with Crippen LogP contribution in [0, 0.1) is 12.8 Å². The third-order valence-electron chi connectivity index (χ3n) is 3.13. The lowest BCUT2D eigenvalue weighted by atomic mass is 10.0. The van der Waals surface area contributed by atoms with Crippen LogP contribution in [0.15, 0.2) is 18.2 Å². The van der Waals surface area contributed by atoms with Crippen molar-refractivity contribution in [1.82, 2.24) is 5.32 Å². The fourth-order valence-corrected chi connectivity index (χ4v) is 1.65. The highest BCUT2D eigenvalue weighted by Crippen LogP contribution is 2.11. The van der Waals surface area contributed by atoms with E-state index in [0.717, 1.165) is 18.7 Å². The normalized spacial score (nSPS) is 12.4. The molecule has 0 saturated carbocycles. The fraction of sp³-hybridized carbons (Fsp3) is 0.500. The van der Waals surface area contributed by atoms with Crippen LogP contribution in [-0.2, 0) is 6.54 Å². The van der Waals surface area contributed by atoms with Crippen molar-refractivity contribution in [3.8, 4) is 0 Å².